The lowest BCUT2D eigenvalue weighted by Crippen LogP contribution is -2.49. The van der Waals surface area contributed by atoms with E-state index < -0.39 is 120 Å². The average molecular weight is 1110 g/mol. The second-order valence-corrected chi connectivity index (χ2v) is 24.5. The Labute approximate surface area is 470 Å². The summed E-state index contributed by atoms with van der Waals surface area (Å²) in [6.07, 6.45) is 7.36. The highest BCUT2D eigenvalue weighted by atomic mass is 32.2. The van der Waals surface area contributed by atoms with E-state index in [1.807, 2.05) is 30.5 Å². The van der Waals surface area contributed by atoms with Gasteiger partial charge < -0.3 is 35.1 Å². The van der Waals surface area contributed by atoms with Crippen molar-refractivity contribution in [3.63, 3.8) is 0 Å². The van der Waals surface area contributed by atoms with Gasteiger partial charge in [-0.2, -0.15) is 4.57 Å². The van der Waals surface area contributed by atoms with Crippen LogP contribution in [-0.4, -0.2) is 95.5 Å². The van der Waals surface area contributed by atoms with Crippen molar-refractivity contribution in [2.24, 2.45) is 17.8 Å². The average Bonchev–Trinajstić information content (AvgIpc) is 3.73. The number of rotatable bonds is 28. The van der Waals surface area contributed by atoms with Gasteiger partial charge in [-0.3, -0.25) is 43.2 Å². The number of nitrogens with zero attached hydrogens (tertiary/aromatic N) is 2. The molecule has 0 fully saturated rings. The minimum absolute atomic E-state index is 0.0272. The van der Waals surface area contributed by atoms with Gasteiger partial charge >= 0.3 is 17.9 Å². The standard InChI is InChI=1S/C61H83N5O12S/c1-39(2)56(64-58(75)42(29-30-53(71)76-59(4,5)6)35-49(69)46(63-40(3)67)38-55(73)78-61(10,11)12)50(70)36-43(37-54(72)77-60(7,8)9)57(74)62-32-19-22-44(68)23-20-33-66-34-31-41(45-24-14-15-25-47(45)66)21-18-28-52-65(13)48-26-16-17-27-51(48)79-52/h14-18,21,24-28,31,34,39,42-43,46,56H,19-20,22-23,29-30,32-33,35-38H2,1-13H3,(H2-,62,63,64,67,74,75)/p+1/t42-,43+,46+,56+/m0/s1. The van der Waals surface area contributed by atoms with Crippen molar-refractivity contribution in [1.82, 2.24) is 16.0 Å². The van der Waals surface area contributed by atoms with Gasteiger partial charge in [0.25, 0.3) is 0 Å². The SMILES string of the molecule is CC(=O)N[C@H](CC(=O)OC(C)(C)C)C(=O)C[C@H](CCC(=O)OC(C)(C)C)C(=O)N[C@@H](C(=O)C[C@H](CC(=O)OC(C)(C)C)C(=O)NCCCC(=O)CCC[n+]1ccc(C=CC=C2Sc3ccccc3N2C)c2ccccc21)C(C)C. The van der Waals surface area contributed by atoms with Crippen molar-refractivity contribution in [1.29, 1.82) is 0 Å². The molecule has 4 rings (SSSR count). The van der Waals surface area contributed by atoms with Gasteiger partial charge in [0.1, 0.15) is 29.1 Å². The van der Waals surface area contributed by atoms with Crippen molar-refractivity contribution in [2.75, 3.05) is 18.5 Å². The first kappa shape index (κ1) is 64.8. The van der Waals surface area contributed by atoms with Gasteiger partial charge in [0.05, 0.1) is 46.9 Å². The Morgan fingerprint density at radius 3 is 1.90 bits per heavy atom. The van der Waals surface area contributed by atoms with E-state index in [1.54, 1.807) is 87.9 Å². The first-order valence-corrected chi connectivity index (χ1v) is 28.1. The number of carbonyl (C=O) groups excluding carboxylic acids is 9. The number of para-hydroxylation sites is 2. The number of thioether (sulfide) groups is 1. The van der Waals surface area contributed by atoms with Crippen LogP contribution in [-0.2, 0) is 63.9 Å². The lowest BCUT2D eigenvalue weighted by molar-refractivity contribution is -0.671. The molecule has 0 spiro atoms. The number of allylic oxidation sites excluding steroid dienone is 2. The number of nitrogens with one attached hydrogen (secondary N) is 3. The molecule has 0 saturated heterocycles. The number of benzene rings is 2. The first-order valence-electron chi connectivity index (χ1n) is 27.3. The summed E-state index contributed by atoms with van der Waals surface area (Å²) in [6.45, 7) is 20.3. The number of carbonyl (C=O) groups is 9. The smallest absolute Gasteiger partial charge is 0.308 e. The van der Waals surface area contributed by atoms with Crippen LogP contribution in [0.3, 0.4) is 0 Å². The number of pyridine rings is 1. The molecule has 0 radical (unpaired) electrons. The number of ether oxygens (including phenoxy) is 3. The van der Waals surface area contributed by atoms with Crippen LogP contribution < -0.4 is 25.4 Å². The van der Waals surface area contributed by atoms with Gasteiger partial charge in [0, 0.05) is 82.0 Å². The predicted octanol–water partition coefficient (Wildman–Crippen LogP) is 8.85. The predicted molar refractivity (Wildman–Crippen MR) is 305 cm³/mol. The van der Waals surface area contributed by atoms with Gasteiger partial charge in [-0.1, -0.05) is 62.0 Å². The number of aryl methyl sites for hydroxylation is 1. The monoisotopic (exact) mass is 1110 g/mol. The molecule has 3 amide bonds. The Morgan fingerprint density at radius 1 is 0.671 bits per heavy atom. The Hall–Kier alpha value is -6.69. The molecule has 3 aromatic rings. The molecule has 1 aliphatic rings. The van der Waals surface area contributed by atoms with Gasteiger partial charge in [0.2, 0.25) is 23.2 Å². The molecule has 17 nitrogen and oxygen atoms in total. The van der Waals surface area contributed by atoms with Gasteiger partial charge in [-0.05, 0) is 111 Å². The molecule has 3 N–H and O–H groups in total. The summed E-state index contributed by atoms with van der Waals surface area (Å²) in [6, 6.07) is 16.0. The topological polar surface area (TPSA) is 225 Å². The molecule has 1 aliphatic heterocycles. The van der Waals surface area contributed by atoms with E-state index in [0.29, 0.717) is 25.8 Å². The molecular weight excluding hydrogens is 1030 g/mol. The Bertz CT molecular complexity index is 2750. The maximum Gasteiger partial charge on any atom is 0.308 e. The number of ketones is 3. The molecule has 2 heterocycles. The normalized spacial score (nSPS) is 14.8. The number of anilines is 1. The number of Topliss-reactive ketones (excluding diaryl/α,β-unsaturated/α-hetero) is 3. The Morgan fingerprint density at radius 2 is 1.27 bits per heavy atom. The van der Waals surface area contributed by atoms with E-state index in [4.69, 9.17) is 14.2 Å². The summed E-state index contributed by atoms with van der Waals surface area (Å²) in [4.78, 5) is 124. The maximum atomic E-state index is 14.2. The van der Waals surface area contributed by atoms with E-state index in [0.717, 1.165) is 21.5 Å². The summed E-state index contributed by atoms with van der Waals surface area (Å²) in [7, 11) is 2.07. The molecule has 79 heavy (non-hydrogen) atoms. The zero-order valence-corrected chi connectivity index (χ0v) is 49.4. The molecule has 0 unspecified atom stereocenters. The number of hydrogen-bond acceptors (Lipinski definition) is 14. The van der Waals surface area contributed by atoms with Crippen LogP contribution in [0.5, 0.6) is 0 Å². The summed E-state index contributed by atoms with van der Waals surface area (Å²) in [5, 5.41) is 10.2. The second kappa shape index (κ2) is 29.5. The number of fused-ring (bicyclic) bond motifs is 2. The third-order valence-corrected chi connectivity index (χ3v) is 13.7. The lowest BCUT2D eigenvalue weighted by atomic mass is 9.88. The Kier molecular flexibility index (Phi) is 24.2. The molecule has 1 aromatic heterocycles. The van der Waals surface area contributed by atoms with Crippen LogP contribution in [0.2, 0.25) is 0 Å². The number of amides is 3. The first-order chi connectivity index (χ1) is 36.9. The molecule has 430 valence electrons. The van der Waals surface area contributed by atoms with E-state index in [1.165, 1.54) is 17.5 Å². The van der Waals surface area contributed by atoms with E-state index in [9.17, 15) is 43.2 Å². The molecule has 0 saturated carbocycles. The van der Waals surface area contributed by atoms with Crippen LogP contribution in [0, 0.1) is 17.8 Å². The summed E-state index contributed by atoms with van der Waals surface area (Å²) in [5.74, 6) is -8.28. The third-order valence-electron chi connectivity index (χ3n) is 12.5. The van der Waals surface area contributed by atoms with Gasteiger partial charge in [-0.25, -0.2) is 0 Å². The largest absolute Gasteiger partial charge is 0.460 e. The molecule has 0 aliphatic carbocycles. The van der Waals surface area contributed by atoms with Crippen LogP contribution in [0.15, 0.2) is 82.9 Å². The van der Waals surface area contributed by atoms with Crippen LogP contribution in [0.1, 0.15) is 153 Å². The highest BCUT2D eigenvalue weighted by molar-refractivity contribution is 8.03. The molecule has 18 heteroatoms. The van der Waals surface area contributed by atoms with Crippen LogP contribution >= 0.6 is 11.8 Å². The fraction of sp³-hybridized carbons (Fsp3) is 0.541. The van der Waals surface area contributed by atoms with Crippen molar-refractivity contribution >= 4 is 87.4 Å². The van der Waals surface area contributed by atoms with E-state index in [2.05, 4.69) is 81.0 Å². The lowest BCUT2D eigenvalue weighted by Gasteiger charge is -2.27. The molecular formula is C61H84N5O12S+. The van der Waals surface area contributed by atoms with Crippen molar-refractivity contribution in [3.05, 3.63) is 83.5 Å². The zero-order chi connectivity index (χ0) is 58.8. The summed E-state index contributed by atoms with van der Waals surface area (Å²) < 4.78 is 18.5. The maximum absolute atomic E-state index is 14.2. The number of hydrogen-bond donors (Lipinski definition) is 3. The molecule has 0 bridgehead atoms. The summed E-state index contributed by atoms with van der Waals surface area (Å²) in [5.41, 5.74) is 0.697. The fourth-order valence-electron chi connectivity index (χ4n) is 8.90. The van der Waals surface area contributed by atoms with Crippen molar-refractivity contribution < 1.29 is 61.9 Å². The molecule has 4 atom stereocenters. The zero-order valence-electron chi connectivity index (χ0n) is 48.6. The quantitative estimate of drug-likeness (QED) is 0.0267. The highest BCUT2D eigenvalue weighted by Gasteiger charge is 2.36. The van der Waals surface area contributed by atoms with Crippen molar-refractivity contribution in [2.45, 2.75) is 188 Å². The second-order valence-electron chi connectivity index (χ2n) is 23.4. The summed E-state index contributed by atoms with van der Waals surface area (Å²) >= 11 is 1.74. The minimum atomic E-state index is -1.35. The third kappa shape index (κ3) is 22.5. The molecule has 2 aromatic carbocycles. The van der Waals surface area contributed by atoms with Crippen molar-refractivity contribution in [3.8, 4) is 0 Å². The van der Waals surface area contributed by atoms with E-state index in [-0.39, 0.29) is 31.6 Å². The van der Waals surface area contributed by atoms with Gasteiger partial charge in [-0.15, -0.1) is 0 Å². The fourth-order valence-corrected chi connectivity index (χ4v) is 9.96. The van der Waals surface area contributed by atoms with Gasteiger partial charge in [0.15, 0.2) is 17.8 Å². The minimum Gasteiger partial charge on any atom is -0.460 e. The Balaban J connectivity index is 1.39. The van der Waals surface area contributed by atoms with E-state index >= 15 is 0 Å². The van der Waals surface area contributed by atoms with Crippen LogP contribution in [0.4, 0.5) is 5.69 Å². The number of esters is 3. The highest BCUT2D eigenvalue weighted by Crippen LogP contribution is 2.44. The number of aromatic nitrogens is 1. The van der Waals surface area contributed by atoms with Crippen LogP contribution in [0.25, 0.3) is 17.0 Å².